The van der Waals surface area contributed by atoms with E-state index in [1.165, 1.54) is 10.3 Å². The number of thiophene rings is 1. The molecule has 0 spiro atoms. The van der Waals surface area contributed by atoms with Crippen molar-refractivity contribution in [2.75, 3.05) is 0 Å². The summed E-state index contributed by atoms with van der Waals surface area (Å²) in [5.74, 6) is 5.71. The number of aryl methyl sites for hydroxylation is 1. The van der Waals surface area contributed by atoms with Crippen LogP contribution in [-0.4, -0.2) is 14.8 Å². The van der Waals surface area contributed by atoms with Crippen LogP contribution in [0.3, 0.4) is 0 Å². The molecule has 1 unspecified atom stereocenters. The highest BCUT2D eigenvalue weighted by atomic mass is 32.1. The molecule has 3 N–H and O–H groups in total. The van der Waals surface area contributed by atoms with Gasteiger partial charge in [-0.05, 0) is 42.0 Å². The summed E-state index contributed by atoms with van der Waals surface area (Å²) in [6, 6.07) is 4.23. The van der Waals surface area contributed by atoms with E-state index in [1.54, 1.807) is 11.3 Å². The molecule has 1 atom stereocenters. The van der Waals surface area contributed by atoms with Gasteiger partial charge in [-0.2, -0.15) is 5.10 Å². The average Bonchev–Trinajstić information content (AvgIpc) is 3.12. The van der Waals surface area contributed by atoms with E-state index in [1.807, 2.05) is 23.1 Å². The van der Waals surface area contributed by atoms with Gasteiger partial charge in [-0.1, -0.05) is 0 Å². The van der Waals surface area contributed by atoms with E-state index < -0.39 is 0 Å². The van der Waals surface area contributed by atoms with Gasteiger partial charge in [-0.25, -0.2) is 0 Å². The van der Waals surface area contributed by atoms with Gasteiger partial charge < -0.3 is 0 Å². The molecule has 0 radical (unpaired) electrons. The fourth-order valence-electron chi connectivity index (χ4n) is 2.25. The summed E-state index contributed by atoms with van der Waals surface area (Å²) in [4.78, 5) is 4.47. The zero-order chi connectivity index (χ0) is 13.9. The largest absolute Gasteiger partial charge is 0.273 e. The molecular weight excluding hydrogens is 270 g/mol. The first kappa shape index (κ1) is 13.2. The molecule has 20 heavy (non-hydrogen) atoms. The van der Waals surface area contributed by atoms with Gasteiger partial charge in [0.1, 0.15) is 0 Å². The molecular formula is C14H17N5S. The van der Waals surface area contributed by atoms with Crippen LogP contribution in [0.1, 0.15) is 24.1 Å². The van der Waals surface area contributed by atoms with Crippen LogP contribution < -0.4 is 11.3 Å². The number of fused-ring (bicyclic) bond motifs is 1. The summed E-state index contributed by atoms with van der Waals surface area (Å²) in [6.45, 7) is 2.95. The highest BCUT2D eigenvalue weighted by molar-refractivity contribution is 7.17. The van der Waals surface area contributed by atoms with Gasteiger partial charge in [0.15, 0.2) is 0 Å². The Morgan fingerprint density at radius 2 is 2.35 bits per heavy atom. The quantitative estimate of drug-likeness (QED) is 0.558. The molecule has 0 aliphatic carbocycles. The summed E-state index contributed by atoms with van der Waals surface area (Å²) in [7, 11) is 0. The number of hydrogen-bond donors (Lipinski definition) is 2. The smallest absolute Gasteiger partial charge is 0.0809 e. The van der Waals surface area contributed by atoms with Gasteiger partial charge in [0.2, 0.25) is 0 Å². The molecule has 3 aromatic rings. The highest BCUT2D eigenvalue weighted by Crippen LogP contribution is 2.24. The first-order valence-corrected chi connectivity index (χ1v) is 7.48. The number of aromatic nitrogens is 3. The van der Waals surface area contributed by atoms with E-state index in [9.17, 15) is 0 Å². The Labute approximate surface area is 121 Å². The molecule has 3 aromatic heterocycles. The highest BCUT2D eigenvalue weighted by Gasteiger charge is 2.13. The van der Waals surface area contributed by atoms with Crippen molar-refractivity contribution in [2.45, 2.75) is 25.9 Å². The summed E-state index contributed by atoms with van der Waals surface area (Å²) < 4.78 is 3.11. The topological polar surface area (TPSA) is 68.8 Å². The molecule has 0 saturated heterocycles. The van der Waals surface area contributed by atoms with E-state index in [2.05, 4.69) is 40.1 Å². The third-order valence-corrected chi connectivity index (χ3v) is 4.23. The minimum Gasteiger partial charge on any atom is -0.273 e. The van der Waals surface area contributed by atoms with E-state index >= 15 is 0 Å². The summed E-state index contributed by atoms with van der Waals surface area (Å²) >= 11 is 1.70. The maximum Gasteiger partial charge on any atom is 0.0809 e. The van der Waals surface area contributed by atoms with E-state index in [0.717, 1.165) is 24.0 Å². The van der Waals surface area contributed by atoms with Crippen molar-refractivity contribution in [2.24, 2.45) is 5.84 Å². The van der Waals surface area contributed by atoms with Crippen molar-refractivity contribution >= 4 is 21.6 Å². The van der Waals surface area contributed by atoms with Gasteiger partial charge in [0, 0.05) is 18.9 Å². The van der Waals surface area contributed by atoms with Crippen molar-refractivity contribution < 1.29 is 0 Å². The normalized spacial score (nSPS) is 12.9. The van der Waals surface area contributed by atoms with Crippen LogP contribution >= 0.6 is 11.3 Å². The molecule has 0 fully saturated rings. The van der Waals surface area contributed by atoms with Gasteiger partial charge in [0.05, 0.1) is 22.5 Å². The predicted octanol–water partition coefficient (Wildman–Crippen LogP) is 2.26. The number of nitrogens with zero attached hydrogens (tertiary/aromatic N) is 3. The summed E-state index contributed by atoms with van der Waals surface area (Å²) in [6.07, 6.45) is 6.64. The van der Waals surface area contributed by atoms with Gasteiger partial charge in [-0.15, -0.1) is 11.3 Å². The predicted molar refractivity (Wildman–Crippen MR) is 81.3 cm³/mol. The Morgan fingerprint density at radius 1 is 1.45 bits per heavy atom. The zero-order valence-corrected chi connectivity index (χ0v) is 12.1. The molecule has 3 rings (SSSR count). The lowest BCUT2D eigenvalue weighted by Crippen LogP contribution is -2.29. The fraction of sp³-hybridized carbons (Fsp3) is 0.286. The van der Waals surface area contributed by atoms with Crippen molar-refractivity contribution in [1.29, 1.82) is 0 Å². The van der Waals surface area contributed by atoms with Crippen molar-refractivity contribution in [3.05, 3.63) is 47.2 Å². The van der Waals surface area contributed by atoms with Crippen LogP contribution in [-0.2, 0) is 13.0 Å². The lowest BCUT2D eigenvalue weighted by atomic mass is 10.0. The molecule has 6 heteroatoms. The number of nitrogens with one attached hydrogen (secondary N) is 1. The van der Waals surface area contributed by atoms with Gasteiger partial charge in [-0.3, -0.25) is 20.9 Å². The SMILES string of the molecule is CCn1cc(CC(NN)c2cnc3ccsc3c2)cn1. The lowest BCUT2D eigenvalue weighted by Gasteiger charge is -2.15. The minimum atomic E-state index is 0.0449. The second-order valence-corrected chi connectivity index (χ2v) is 5.65. The average molecular weight is 287 g/mol. The third-order valence-electron chi connectivity index (χ3n) is 3.38. The Kier molecular flexibility index (Phi) is 3.77. The Bertz CT molecular complexity index is 702. The Balaban J connectivity index is 1.84. The van der Waals surface area contributed by atoms with Crippen LogP contribution in [0.2, 0.25) is 0 Å². The molecule has 0 aromatic carbocycles. The van der Waals surface area contributed by atoms with Crippen molar-refractivity contribution in [3.63, 3.8) is 0 Å². The van der Waals surface area contributed by atoms with Crippen molar-refractivity contribution in [3.8, 4) is 0 Å². The number of rotatable bonds is 5. The van der Waals surface area contributed by atoms with Crippen molar-refractivity contribution in [1.82, 2.24) is 20.2 Å². The first-order chi connectivity index (χ1) is 9.80. The zero-order valence-electron chi connectivity index (χ0n) is 11.3. The van der Waals surface area contributed by atoms with Crippen LogP contribution in [0.4, 0.5) is 0 Å². The maximum atomic E-state index is 5.71. The number of pyridine rings is 1. The first-order valence-electron chi connectivity index (χ1n) is 6.60. The Hall–Kier alpha value is -1.76. The molecule has 104 valence electrons. The van der Waals surface area contributed by atoms with Crippen LogP contribution in [0.5, 0.6) is 0 Å². The van der Waals surface area contributed by atoms with E-state index in [4.69, 9.17) is 5.84 Å². The molecule has 3 heterocycles. The van der Waals surface area contributed by atoms with Crippen LogP contribution in [0.25, 0.3) is 10.2 Å². The fourth-order valence-corrected chi connectivity index (χ4v) is 3.03. The second-order valence-electron chi connectivity index (χ2n) is 4.70. The molecule has 0 bridgehead atoms. The van der Waals surface area contributed by atoms with Gasteiger partial charge >= 0.3 is 0 Å². The number of nitrogens with two attached hydrogens (primary N) is 1. The molecule has 0 amide bonds. The Morgan fingerprint density at radius 3 is 3.10 bits per heavy atom. The van der Waals surface area contributed by atoms with Gasteiger partial charge in [0.25, 0.3) is 0 Å². The third kappa shape index (κ3) is 2.58. The number of hydrogen-bond acceptors (Lipinski definition) is 5. The minimum absolute atomic E-state index is 0.0449. The lowest BCUT2D eigenvalue weighted by molar-refractivity contribution is 0.550. The standard InChI is InChI=1S/C14H17N5S/c1-2-19-9-10(7-17-19)5-13(18-15)11-6-14-12(16-8-11)3-4-20-14/h3-4,6-9,13,18H,2,5,15H2,1H3. The summed E-state index contributed by atoms with van der Waals surface area (Å²) in [5.41, 5.74) is 6.19. The number of hydrazine groups is 1. The second kappa shape index (κ2) is 5.70. The van der Waals surface area contributed by atoms with E-state index in [0.29, 0.717) is 0 Å². The van der Waals surface area contributed by atoms with Crippen LogP contribution in [0.15, 0.2) is 36.1 Å². The molecule has 0 aliphatic rings. The molecule has 0 aliphatic heterocycles. The van der Waals surface area contributed by atoms with Crippen LogP contribution in [0, 0.1) is 0 Å². The monoisotopic (exact) mass is 287 g/mol. The summed E-state index contributed by atoms with van der Waals surface area (Å²) in [5, 5.41) is 6.35. The maximum absolute atomic E-state index is 5.71. The molecule has 0 saturated carbocycles. The van der Waals surface area contributed by atoms with E-state index in [-0.39, 0.29) is 6.04 Å². The molecule has 5 nitrogen and oxygen atoms in total.